The summed E-state index contributed by atoms with van der Waals surface area (Å²) < 4.78 is 5.33. The number of unbranched alkanes of at least 4 members (excludes halogenated alkanes) is 2. The Morgan fingerprint density at radius 3 is 2.00 bits per heavy atom. The molecule has 7 nitrogen and oxygen atoms in total. The lowest BCUT2D eigenvalue weighted by Crippen LogP contribution is -2.30. The molecule has 3 aromatic rings. The monoisotopic (exact) mass is 456 g/mol. The van der Waals surface area contributed by atoms with E-state index in [1.165, 1.54) is 4.90 Å². The number of para-hydroxylation sites is 1. The van der Waals surface area contributed by atoms with Gasteiger partial charge in [0.1, 0.15) is 5.75 Å². The standard InChI is InChI=1S/C27H24N2O5/c30-24(13-5-2-8-18-29-26(32)22-11-6-7-12-23(22)27(29)33)34-21-16-14-19(15-17-21)25(31)28-20-9-3-1-4-10-20/h1,3-4,6-7,9-12,14-17H,2,5,8,13,18H2,(H,28,31). The van der Waals surface area contributed by atoms with Gasteiger partial charge in [-0.2, -0.15) is 0 Å². The van der Waals surface area contributed by atoms with Gasteiger partial charge in [-0.05, 0) is 61.4 Å². The summed E-state index contributed by atoms with van der Waals surface area (Å²) in [5.74, 6) is -0.779. The van der Waals surface area contributed by atoms with Gasteiger partial charge in [0.25, 0.3) is 17.7 Å². The van der Waals surface area contributed by atoms with Crippen molar-refractivity contribution in [3.05, 3.63) is 95.6 Å². The van der Waals surface area contributed by atoms with E-state index in [9.17, 15) is 19.2 Å². The van der Waals surface area contributed by atoms with E-state index in [0.717, 1.165) is 0 Å². The van der Waals surface area contributed by atoms with Gasteiger partial charge in [0, 0.05) is 24.2 Å². The Kier molecular flexibility index (Phi) is 7.13. The molecular weight excluding hydrogens is 432 g/mol. The second-order valence-electron chi connectivity index (χ2n) is 7.94. The van der Waals surface area contributed by atoms with Crippen molar-refractivity contribution in [1.29, 1.82) is 0 Å². The molecular formula is C27H24N2O5. The molecule has 0 fully saturated rings. The molecule has 0 atom stereocenters. The highest BCUT2D eigenvalue weighted by Gasteiger charge is 2.34. The van der Waals surface area contributed by atoms with Crippen molar-refractivity contribution < 1.29 is 23.9 Å². The van der Waals surface area contributed by atoms with Crippen molar-refractivity contribution in [3.8, 4) is 5.75 Å². The summed E-state index contributed by atoms with van der Waals surface area (Å²) >= 11 is 0. The Bertz CT molecular complexity index is 1170. The molecule has 0 radical (unpaired) electrons. The van der Waals surface area contributed by atoms with Gasteiger partial charge in [-0.25, -0.2) is 0 Å². The molecule has 7 heteroatoms. The second kappa shape index (κ2) is 10.6. The fourth-order valence-electron chi connectivity index (χ4n) is 3.74. The zero-order valence-electron chi connectivity index (χ0n) is 18.5. The maximum Gasteiger partial charge on any atom is 0.311 e. The molecule has 4 rings (SSSR count). The smallest absolute Gasteiger partial charge is 0.311 e. The summed E-state index contributed by atoms with van der Waals surface area (Å²) in [7, 11) is 0. The molecule has 0 aliphatic carbocycles. The third-order valence-corrected chi connectivity index (χ3v) is 5.52. The Morgan fingerprint density at radius 1 is 0.735 bits per heavy atom. The van der Waals surface area contributed by atoms with E-state index < -0.39 is 0 Å². The number of hydrogen-bond acceptors (Lipinski definition) is 5. The van der Waals surface area contributed by atoms with E-state index in [1.54, 1.807) is 60.7 Å². The predicted octanol–water partition coefficient (Wildman–Crippen LogP) is 4.70. The van der Waals surface area contributed by atoms with Crippen LogP contribution in [-0.4, -0.2) is 35.1 Å². The number of carbonyl (C=O) groups is 4. The number of fused-ring (bicyclic) bond motifs is 1. The van der Waals surface area contributed by atoms with E-state index >= 15 is 0 Å². The first kappa shape index (κ1) is 22.9. The molecule has 1 aliphatic rings. The van der Waals surface area contributed by atoms with Crippen LogP contribution in [-0.2, 0) is 4.79 Å². The van der Waals surface area contributed by atoms with Crippen LogP contribution >= 0.6 is 0 Å². The lowest BCUT2D eigenvalue weighted by atomic mass is 10.1. The molecule has 3 aromatic carbocycles. The Labute approximate surface area is 197 Å². The Balaban J connectivity index is 1.17. The maximum atomic E-state index is 12.3. The number of nitrogens with one attached hydrogen (secondary N) is 1. The van der Waals surface area contributed by atoms with Crippen molar-refractivity contribution >= 4 is 29.4 Å². The molecule has 0 aromatic heterocycles. The highest BCUT2D eigenvalue weighted by Crippen LogP contribution is 2.23. The number of amides is 3. The molecule has 0 saturated carbocycles. The average molecular weight is 456 g/mol. The summed E-state index contributed by atoms with van der Waals surface area (Å²) in [4.78, 5) is 50.4. The lowest BCUT2D eigenvalue weighted by Gasteiger charge is -2.13. The molecule has 3 amide bonds. The number of carbonyl (C=O) groups excluding carboxylic acids is 4. The predicted molar refractivity (Wildman–Crippen MR) is 127 cm³/mol. The van der Waals surface area contributed by atoms with Gasteiger partial charge in [-0.3, -0.25) is 24.1 Å². The number of anilines is 1. The Morgan fingerprint density at radius 2 is 1.35 bits per heavy atom. The van der Waals surface area contributed by atoms with E-state index in [-0.39, 0.29) is 30.1 Å². The minimum atomic E-state index is -0.373. The summed E-state index contributed by atoms with van der Waals surface area (Å²) in [6.07, 6.45) is 2.10. The number of rotatable bonds is 9. The highest BCUT2D eigenvalue weighted by molar-refractivity contribution is 6.21. The third-order valence-electron chi connectivity index (χ3n) is 5.52. The summed E-state index contributed by atoms with van der Waals surface area (Å²) in [5.41, 5.74) is 2.04. The number of benzene rings is 3. The number of esters is 1. The number of ether oxygens (including phenoxy) is 1. The normalized spacial score (nSPS) is 12.4. The van der Waals surface area contributed by atoms with Crippen molar-refractivity contribution in [1.82, 2.24) is 4.90 Å². The number of imide groups is 1. The number of hydrogen-bond donors (Lipinski definition) is 1. The minimum absolute atomic E-state index is 0.221. The minimum Gasteiger partial charge on any atom is -0.427 e. The zero-order valence-corrected chi connectivity index (χ0v) is 18.5. The van der Waals surface area contributed by atoms with Crippen molar-refractivity contribution in [2.75, 3.05) is 11.9 Å². The zero-order chi connectivity index (χ0) is 23.9. The lowest BCUT2D eigenvalue weighted by molar-refractivity contribution is -0.134. The van der Waals surface area contributed by atoms with Crippen LogP contribution < -0.4 is 10.1 Å². The van der Waals surface area contributed by atoms with Gasteiger partial charge in [0.05, 0.1) is 11.1 Å². The van der Waals surface area contributed by atoms with Crippen LogP contribution in [0.1, 0.15) is 56.8 Å². The van der Waals surface area contributed by atoms with E-state index in [0.29, 0.717) is 53.9 Å². The van der Waals surface area contributed by atoms with Crippen LogP contribution in [0.25, 0.3) is 0 Å². The van der Waals surface area contributed by atoms with Crippen LogP contribution in [0.5, 0.6) is 5.75 Å². The van der Waals surface area contributed by atoms with Crippen LogP contribution in [0.4, 0.5) is 5.69 Å². The molecule has 1 heterocycles. The third kappa shape index (κ3) is 5.38. The molecule has 0 bridgehead atoms. The summed E-state index contributed by atoms with van der Waals surface area (Å²) in [6.45, 7) is 0.327. The van der Waals surface area contributed by atoms with Crippen molar-refractivity contribution in [3.63, 3.8) is 0 Å². The van der Waals surface area contributed by atoms with Gasteiger partial charge < -0.3 is 10.1 Å². The van der Waals surface area contributed by atoms with Crippen molar-refractivity contribution in [2.24, 2.45) is 0 Å². The van der Waals surface area contributed by atoms with Gasteiger partial charge in [0.15, 0.2) is 0 Å². The van der Waals surface area contributed by atoms with Gasteiger partial charge in [-0.1, -0.05) is 36.8 Å². The molecule has 0 saturated heterocycles. The second-order valence-corrected chi connectivity index (χ2v) is 7.94. The van der Waals surface area contributed by atoms with Crippen LogP contribution in [0.2, 0.25) is 0 Å². The largest absolute Gasteiger partial charge is 0.427 e. The van der Waals surface area contributed by atoms with E-state index in [1.807, 2.05) is 18.2 Å². The molecule has 172 valence electrons. The summed E-state index contributed by atoms with van der Waals surface area (Å²) in [6, 6.07) is 22.3. The summed E-state index contributed by atoms with van der Waals surface area (Å²) in [5, 5.41) is 2.80. The van der Waals surface area contributed by atoms with E-state index in [4.69, 9.17) is 4.74 Å². The Hall–Kier alpha value is -4.26. The van der Waals surface area contributed by atoms with Crippen molar-refractivity contribution in [2.45, 2.75) is 25.7 Å². The first-order valence-corrected chi connectivity index (χ1v) is 11.2. The topological polar surface area (TPSA) is 92.8 Å². The fraction of sp³-hybridized carbons (Fsp3) is 0.185. The SMILES string of the molecule is O=C(CCCCCN1C(=O)c2ccccc2C1=O)Oc1ccc(C(=O)Nc2ccccc2)cc1. The molecule has 1 N–H and O–H groups in total. The number of nitrogens with zero attached hydrogens (tertiary/aromatic N) is 1. The molecule has 34 heavy (non-hydrogen) atoms. The first-order valence-electron chi connectivity index (χ1n) is 11.2. The van der Waals surface area contributed by atoms with Crippen LogP contribution in [0.3, 0.4) is 0 Å². The highest BCUT2D eigenvalue weighted by atomic mass is 16.5. The molecule has 0 spiro atoms. The quantitative estimate of drug-likeness (QED) is 0.218. The average Bonchev–Trinajstić information content (AvgIpc) is 3.10. The van der Waals surface area contributed by atoms with Gasteiger partial charge in [-0.15, -0.1) is 0 Å². The molecule has 1 aliphatic heterocycles. The first-order chi connectivity index (χ1) is 16.5. The van der Waals surface area contributed by atoms with Crippen LogP contribution in [0.15, 0.2) is 78.9 Å². The molecule has 0 unspecified atom stereocenters. The maximum absolute atomic E-state index is 12.3. The van der Waals surface area contributed by atoms with E-state index in [2.05, 4.69) is 5.32 Å². The van der Waals surface area contributed by atoms with Gasteiger partial charge >= 0.3 is 5.97 Å². The van der Waals surface area contributed by atoms with Gasteiger partial charge in [0.2, 0.25) is 0 Å². The fourth-order valence-corrected chi connectivity index (χ4v) is 3.74. The van der Waals surface area contributed by atoms with Crippen LogP contribution in [0, 0.1) is 0 Å².